The molecular weight excluding hydrogens is 1870 g/mol. The maximum atomic E-state index is 14.1. The molecule has 7 N–H and O–H groups in total. The molecule has 131 heavy (non-hydrogen) atoms. The summed E-state index contributed by atoms with van der Waals surface area (Å²) in [5.74, 6) is -1.63. The Morgan fingerprint density at radius 2 is 0.611 bits per heavy atom. The molecule has 3 aliphatic rings. The van der Waals surface area contributed by atoms with E-state index < -0.39 is 35.6 Å². The topological polar surface area (TPSA) is 348 Å². The number of amides is 4. The van der Waals surface area contributed by atoms with Gasteiger partial charge in [0.25, 0.3) is 0 Å². The van der Waals surface area contributed by atoms with E-state index in [1.54, 1.807) is 72.8 Å². The monoisotopic (exact) mass is 2000 g/mol. The van der Waals surface area contributed by atoms with Crippen LogP contribution in [0.3, 0.4) is 0 Å². The Balaban J connectivity index is 0.683. The van der Waals surface area contributed by atoms with Gasteiger partial charge >= 0.3 is 0 Å². The lowest BCUT2D eigenvalue weighted by atomic mass is 9.82. The summed E-state index contributed by atoms with van der Waals surface area (Å²) in [6, 6.07) is 31.5. The number of hydrogen-bond acceptors (Lipinski definition) is 22. The fourth-order valence-corrected chi connectivity index (χ4v) is 21.1. The van der Waals surface area contributed by atoms with Gasteiger partial charge in [0.05, 0.1) is 134 Å². The van der Waals surface area contributed by atoms with Crippen molar-refractivity contribution in [3.05, 3.63) is 189 Å². The van der Waals surface area contributed by atoms with Gasteiger partial charge in [-0.25, -0.2) is 39.4 Å². The molecule has 0 radical (unpaired) electrons. The zero-order valence-corrected chi connectivity index (χ0v) is 82.5. The third-order valence-electron chi connectivity index (χ3n) is 22.9. The first-order valence-electron chi connectivity index (χ1n) is 45.1. The van der Waals surface area contributed by atoms with Gasteiger partial charge in [0.2, 0.25) is 53.7 Å². The fourth-order valence-electron chi connectivity index (χ4n) is 16.2. The quantitative estimate of drug-likeness (QED) is 0.0174. The van der Waals surface area contributed by atoms with Crippen LogP contribution in [0.2, 0.25) is 30.1 Å². The van der Waals surface area contributed by atoms with E-state index in [1.807, 2.05) is 57.5 Å². The summed E-state index contributed by atoms with van der Waals surface area (Å²) >= 11 is 39.0. The number of nitrogens with one attached hydrogen (secondary N) is 7. The van der Waals surface area contributed by atoms with Crippen LogP contribution in [0.1, 0.15) is 171 Å². The van der Waals surface area contributed by atoms with E-state index >= 15 is 0 Å². The van der Waals surface area contributed by atoms with E-state index in [-0.39, 0.29) is 259 Å². The van der Waals surface area contributed by atoms with Crippen molar-refractivity contribution in [3.8, 4) is 0 Å². The predicted molar refractivity (Wildman–Crippen MR) is 511 cm³/mol. The van der Waals surface area contributed by atoms with Crippen LogP contribution in [-0.4, -0.2) is 268 Å². The molecule has 6 aromatic rings. The van der Waals surface area contributed by atoms with Crippen LogP contribution in [0.5, 0.6) is 0 Å². The van der Waals surface area contributed by atoms with Crippen LogP contribution in [0, 0.1) is 0 Å². The molecule has 0 saturated carbocycles. The number of rotatable bonds is 64. The van der Waals surface area contributed by atoms with E-state index in [9.17, 15) is 44.4 Å². The molecule has 3 unspecified atom stereocenters. The molecule has 726 valence electrons. The molecule has 0 fully saturated rings. The van der Waals surface area contributed by atoms with Crippen LogP contribution < -0.4 is 35.4 Å². The summed E-state index contributed by atoms with van der Waals surface area (Å²) in [5, 5.41) is 15.2. The Kier molecular flexibility index (Phi) is 47.7. The van der Waals surface area contributed by atoms with Crippen molar-refractivity contribution >= 4 is 123 Å². The first-order valence-corrected chi connectivity index (χ1v) is 51.8. The number of carbonyl (C=O) groups excluding carboxylic acids is 4. The Bertz CT molecular complexity index is 4510. The van der Waals surface area contributed by atoms with Crippen LogP contribution in [0.25, 0.3) is 0 Å². The molecule has 3 aliphatic heterocycles. The molecule has 3 heterocycles. The first-order chi connectivity index (χ1) is 63.0. The molecule has 38 heteroatoms. The second-order valence-electron chi connectivity index (χ2n) is 33.1. The van der Waals surface area contributed by atoms with Crippen LogP contribution >= 0.6 is 69.6 Å². The predicted octanol–water partition coefficient (Wildman–Crippen LogP) is 12.8. The maximum Gasteiger partial charge on any atom is 0.240 e. The van der Waals surface area contributed by atoms with Gasteiger partial charge < -0.3 is 78.6 Å². The molecule has 6 aromatic carbocycles. The number of carbonyl (C=O) groups is 4. The lowest BCUT2D eigenvalue weighted by Gasteiger charge is -2.35. The zero-order valence-electron chi connectivity index (χ0n) is 75.5. The van der Waals surface area contributed by atoms with Crippen molar-refractivity contribution in [2.75, 3.05) is 199 Å². The summed E-state index contributed by atoms with van der Waals surface area (Å²) in [4.78, 5) is 62.0. The van der Waals surface area contributed by atoms with Gasteiger partial charge in [0.1, 0.15) is 0 Å². The Morgan fingerprint density at radius 1 is 0.344 bits per heavy atom. The molecule has 0 aliphatic carbocycles. The van der Waals surface area contributed by atoms with E-state index in [1.165, 1.54) is 12.8 Å². The van der Waals surface area contributed by atoms with Crippen molar-refractivity contribution < 1.29 is 87.1 Å². The van der Waals surface area contributed by atoms with E-state index in [2.05, 4.69) is 57.1 Å². The molecule has 0 spiro atoms. The lowest BCUT2D eigenvalue weighted by molar-refractivity contribution is -0.127. The van der Waals surface area contributed by atoms with Gasteiger partial charge in [-0.2, -0.15) is 0 Å². The number of benzene rings is 6. The molecule has 0 bridgehead atoms. The molecule has 0 aromatic heterocycles. The van der Waals surface area contributed by atoms with Gasteiger partial charge in [-0.3, -0.25) is 19.2 Å². The molecule has 3 atom stereocenters. The van der Waals surface area contributed by atoms with Gasteiger partial charge in [-0.15, -0.1) is 0 Å². The minimum absolute atomic E-state index is 0.0370. The second-order valence-corrected chi connectivity index (χ2v) is 41.0. The van der Waals surface area contributed by atoms with Crippen molar-refractivity contribution in [2.45, 2.75) is 161 Å². The summed E-state index contributed by atoms with van der Waals surface area (Å²) < 4.78 is 140. The van der Waals surface area contributed by atoms with Crippen molar-refractivity contribution in [1.29, 1.82) is 0 Å². The summed E-state index contributed by atoms with van der Waals surface area (Å²) in [6.07, 6.45) is 8.56. The van der Waals surface area contributed by atoms with E-state index in [0.29, 0.717) is 75.8 Å². The molecule has 9 rings (SSSR count). The summed E-state index contributed by atoms with van der Waals surface area (Å²) in [6.45, 7) is 10.1. The molecule has 0 saturated heterocycles. The first kappa shape index (κ1) is 109. The van der Waals surface area contributed by atoms with Crippen molar-refractivity contribution in [3.63, 3.8) is 0 Å². The number of ether oxygens (including phenoxy) is 9. The lowest BCUT2D eigenvalue weighted by Crippen LogP contribution is -2.50. The zero-order chi connectivity index (χ0) is 94.0. The molecule has 29 nitrogen and oxygen atoms in total. The minimum atomic E-state index is -3.87. The van der Waals surface area contributed by atoms with Crippen molar-refractivity contribution in [2.24, 2.45) is 0 Å². The summed E-state index contributed by atoms with van der Waals surface area (Å²) in [7, 11) is -5.63. The highest BCUT2D eigenvalue weighted by atomic mass is 35.5. The Morgan fingerprint density at radius 3 is 0.901 bits per heavy atom. The number of likely N-dealkylation sites (N-methyl/N-ethyl adjacent to an activating group) is 3. The third kappa shape index (κ3) is 37.6. The number of hydrogen-bond donors (Lipinski definition) is 7. The largest absolute Gasteiger partial charge is 0.378 e. The second kappa shape index (κ2) is 57.4. The van der Waals surface area contributed by atoms with E-state index in [4.69, 9.17) is 112 Å². The summed E-state index contributed by atoms with van der Waals surface area (Å²) in [5.41, 5.74) is 7.14. The Labute approximate surface area is 803 Å². The minimum Gasteiger partial charge on any atom is -0.378 e. The maximum absolute atomic E-state index is 14.1. The van der Waals surface area contributed by atoms with E-state index in [0.717, 1.165) is 82.2 Å². The number of sulfonamides is 3. The van der Waals surface area contributed by atoms with Crippen LogP contribution in [-0.2, 0) is 112 Å². The number of unbranched alkanes of at least 4 members (excludes halogenated alkanes) is 7. The van der Waals surface area contributed by atoms with Gasteiger partial charge in [0, 0.05) is 158 Å². The highest BCUT2D eigenvalue weighted by Gasteiger charge is 2.36. The van der Waals surface area contributed by atoms with Crippen LogP contribution in [0.15, 0.2) is 124 Å². The Hall–Kier alpha value is -5.81. The fraction of sp³-hybridized carbons (Fsp3) is 0.570. The number of fused-ring (bicyclic) bond motifs is 3. The standard InChI is InChI=1S/C93H130Cl6N10O19S3/c1-5-6-7-8-9-10-11-12-22-92(113)106-93(26-23-89(110)100-29-35-120-41-47-126-50-44-123-38-32-103-129(114,115)74-19-13-16-68(53-74)80-62-107(2)65-83-77(80)56-71(94)59-86(83)97,27-24-90(111)101-30-36-121-42-48-127-51-45-124-39-33-104-130(116,117)75-20-14-17-69(54-75)81-63-108(3)66-84-78(81)57-72(95)60-87(84)98)28-25-91(112)102-31-37-122-43-49-128-52-46-125-40-34-105-131(118,119)76-21-15-18-70(55-76)82-64-109(4)67-85-79(82)58-73(96)61-88(85)99/h13-21,53-61,80-82,103-105H,5-12,22-52,62-67H2,1-4H3,(H,100,110)(H,101,111)(H,102,112)(H,106,113). The van der Waals surface area contributed by atoms with Crippen LogP contribution in [0.4, 0.5) is 0 Å². The third-order valence-corrected chi connectivity index (χ3v) is 28.9. The van der Waals surface area contributed by atoms with Gasteiger partial charge in [0.15, 0.2) is 0 Å². The SMILES string of the molecule is CCCCCCCCCCC(=O)NC(CCC(=O)NCCOCCOCCOCCNS(=O)(=O)c1cccc(C2CN(C)Cc3c(Cl)cc(Cl)cc32)c1)(CCC(=O)NCCOCCOCCOCCNS(=O)(=O)c1cccc(C2CN(C)Cc3c(Cl)cc(Cl)cc32)c1)CCC(=O)NCCOCCOCCOCCNS(=O)(=O)c1cccc(C2CN(C)Cc3c(Cl)cc(Cl)cc32)c1. The normalized spacial score (nSPS) is 16.1. The van der Waals surface area contributed by atoms with Gasteiger partial charge in [-0.05, 0) is 170 Å². The number of halogens is 6. The highest BCUT2D eigenvalue weighted by Crippen LogP contribution is 2.43. The highest BCUT2D eigenvalue weighted by molar-refractivity contribution is 7.90. The molecular formula is C93H130Cl6N10O19S3. The molecule has 4 amide bonds. The average Bonchev–Trinajstić information content (AvgIpc) is 0.779. The smallest absolute Gasteiger partial charge is 0.240 e. The van der Waals surface area contributed by atoms with Gasteiger partial charge in [-0.1, -0.05) is 158 Å². The van der Waals surface area contributed by atoms with Crippen molar-refractivity contribution in [1.82, 2.24) is 50.1 Å². The number of nitrogens with zero attached hydrogens (tertiary/aromatic N) is 3. The average molecular weight is 2000 g/mol.